The minimum atomic E-state index is -0.655. The van der Waals surface area contributed by atoms with Gasteiger partial charge in [-0.15, -0.1) is 0 Å². The Labute approximate surface area is 196 Å². The molecule has 1 saturated heterocycles. The van der Waals surface area contributed by atoms with Gasteiger partial charge in [0.2, 0.25) is 5.91 Å². The van der Waals surface area contributed by atoms with E-state index in [2.05, 4.69) is 10.3 Å². The molecule has 0 unspecified atom stereocenters. The summed E-state index contributed by atoms with van der Waals surface area (Å²) in [6, 6.07) is -0.647. The molecule has 3 rings (SSSR count). The van der Waals surface area contributed by atoms with Crippen LogP contribution in [-0.4, -0.2) is 68.7 Å². The molecule has 2 aliphatic heterocycles. The molecule has 0 aliphatic carbocycles. The van der Waals surface area contributed by atoms with E-state index in [9.17, 15) is 14.4 Å². The number of nitrogens with zero attached hydrogens (tertiary/aromatic N) is 4. The number of fused-ring (bicyclic) bond motifs is 1. The van der Waals surface area contributed by atoms with Crippen molar-refractivity contribution in [1.82, 2.24) is 24.7 Å². The van der Waals surface area contributed by atoms with Crippen molar-refractivity contribution in [2.24, 2.45) is 11.3 Å². The van der Waals surface area contributed by atoms with E-state index in [1.807, 2.05) is 37.5 Å². The van der Waals surface area contributed by atoms with E-state index >= 15 is 0 Å². The fraction of sp³-hybridized carbons (Fsp3) is 0.750. The van der Waals surface area contributed by atoms with Crippen LogP contribution in [0.1, 0.15) is 72.3 Å². The maximum Gasteiger partial charge on any atom is 0.408 e. The van der Waals surface area contributed by atoms with Gasteiger partial charge in [0, 0.05) is 19.6 Å². The number of imidazole rings is 1. The van der Waals surface area contributed by atoms with Gasteiger partial charge in [0.05, 0.1) is 18.4 Å². The smallest absolute Gasteiger partial charge is 0.408 e. The molecule has 1 atom stereocenters. The molecule has 1 N–H and O–H groups in total. The molecule has 3 heterocycles. The van der Waals surface area contributed by atoms with Crippen LogP contribution in [0.15, 0.2) is 6.20 Å². The Balaban J connectivity index is 1.50. The number of piperidine rings is 1. The zero-order valence-corrected chi connectivity index (χ0v) is 21.1. The Morgan fingerprint density at radius 2 is 1.82 bits per heavy atom. The van der Waals surface area contributed by atoms with Crippen LogP contribution < -0.4 is 5.32 Å². The van der Waals surface area contributed by atoms with E-state index in [0.29, 0.717) is 32.1 Å². The molecule has 3 amide bonds. The van der Waals surface area contributed by atoms with Crippen molar-refractivity contribution in [2.45, 2.75) is 85.9 Å². The summed E-state index contributed by atoms with van der Waals surface area (Å²) >= 11 is 0. The Morgan fingerprint density at radius 3 is 2.36 bits per heavy atom. The molecule has 9 nitrogen and oxygen atoms in total. The third-order valence-electron chi connectivity index (χ3n) is 6.33. The molecule has 1 fully saturated rings. The van der Waals surface area contributed by atoms with Crippen LogP contribution in [-0.2, 0) is 16.1 Å². The van der Waals surface area contributed by atoms with Gasteiger partial charge in [-0.25, -0.2) is 14.6 Å². The molecule has 1 aromatic heterocycles. The monoisotopic (exact) mass is 461 g/mol. The highest BCUT2D eigenvalue weighted by Crippen LogP contribution is 2.27. The Hall–Kier alpha value is -2.58. The molecule has 0 aromatic carbocycles. The van der Waals surface area contributed by atoms with Gasteiger partial charge in [-0.2, -0.15) is 0 Å². The Morgan fingerprint density at radius 1 is 1.18 bits per heavy atom. The fourth-order valence-electron chi connectivity index (χ4n) is 4.48. The average Bonchev–Trinajstić information content (AvgIpc) is 3.22. The van der Waals surface area contributed by atoms with Gasteiger partial charge in [0.1, 0.15) is 17.5 Å². The largest absolute Gasteiger partial charge is 0.444 e. The topological polar surface area (TPSA) is 96.8 Å². The molecule has 9 heteroatoms. The third kappa shape index (κ3) is 6.06. The molecule has 0 saturated carbocycles. The first kappa shape index (κ1) is 25.1. The lowest BCUT2D eigenvalue weighted by molar-refractivity contribution is -0.137. The van der Waals surface area contributed by atoms with Crippen molar-refractivity contribution in [1.29, 1.82) is 0 Å². The summed E-state index contributed by atoms with van der Waals surface area (Å²) in [4.78, 5) is 46.1. The maximum absolute atomic E-state index is 13.3. The van der Waals surface area contributed by atoms with E-state index in [4.69, 9.17) is 4.74 Å². The van der Waals surface area contributed by atoms with Crippen LogP contribution in [0.3, 0.4) is 0 Å². The minimum Gasteiger partial charge on any atom is -0.444 e. The second-order valence-electron chi connectivity index (χ2n) is 11.3. The molecule has 1 aromatic rings. The van der Waals surface area contributed by atoms with Gasteiger partial charge >= 0.3 is 12.1 Å². The van der Waals surface area contributed by atoms with E-state index in [0.717, 1.165) is 30.8 Å². The van der Waals surface area contributed by atoms with Crippen LogP contribution in [0.2, 0.25) is 0 Å². The quantitative estimate of drug-likeness (QED) is 0.723. The number of ether oxygens (including phenoxy) is 1. The van der Waals surface area contributed by atoms with E-state index in [1.54, 1.807) is 31.5 Å². The Kier molecular flexibility index (Phi) is 7.10. The number of likely N-dealkylation sites (tertiary alicyclic amines) is 1. The first-order valence-electron chi connectivity index (χ1n) is 11.9. The summed E-state index contributed by atoms with van der Waals surface area (Å²) < 4.78 is 7.06. The number of hydrogen-bond donors (Lipinski definition) is 1. The van der Waals surface area contributed by atoms with E-state index in [1.165, 1.54) is 0 Å². The number of nitrogens with one attached hydrogen (secondary N) is 1. The number of carbonyl (C=O) groups is 3. The molecule has 33 heavy (non-hydrogen) atoms. The number of carbonyl (C=O) groups excluding carboxylic acids is 3. The predicted molar refractivity (Wildman–Crippen MR) is 125 cm³/mol. The van der Waals surface area contributed by atoms with Gasteiger partial charge < -0.3 is 19.9 Å². The van der Waals surface area contributed by atoms with Crippen LogP contribution >= 0.6 is 0 Å². The first-order valence-corrected chi connectivity index (χ1v) is 11.9. The lowest BCUT2D eigenvalue weighted by atomic mass is 9.85. The van der Waals surface area contributed by atoms with Gasteiger partial charge in [-0.3, -0.25) is 9.36 Å². The zero-order chi connectivity index (χ0) is 24.6. The van der Waals surface area contributed by atoms with Gasteiger partial charge in [-0.05, 0) is 58.3 Å². The number of rotatable bonds is 5. The summed E-state index contributed by atoms with van der Waals surface area (Å²) in [7, 11) is 0. The molecular formula is C24H39N5O4. The summed E-state index contributed by atoms with van der Waals surface area (Å²) in [5.41, 5.74) is -0.115. The number of amides is 3. The van der Waals surface area contributed by atoms with Crippen molar-refractivity contribution in [2.75, 3.05) is 19.6 Å². The first-order chi connectivity index (χ1) is 15.3. The highest BCUT2D eigenvalue weighted by molar-refractivity contribution is 5.86. The molecule has 2 aliphatic rings. The predicted octanol–water partition coefficient (Wildman–Crippen LogP) is 3.54. The summed E-state index contributed by atoms with van der Waals surface area (Å²) in [5.74, 6) is 1.13. The second kappa shape index (κ2) is 9.35. The van der Waals surface area contributed by atoms with Crippen molar-refractivity contribution in [3.63, 3.8) is 0 Å². The SMILES string of the molecule is Cc1ncc2n1C(=O)N(CCC1CCN(C(=O)[C@H](NC(=O)OC(C)(C)C)C(C)(C)C)CC1)C2. The van der Waals surface area contributed by atoms with Gasteiger partial charge in [0.15, 0.2) is 0 Å². The van der Waals surface area contributed by atoms with Crippen LogP contribution in [0.4, 0.5) is 9.59 Å². The number of aromatic nitrogens is 2. The number of hydrogen-bond acceptors (Lipinski definition) is 5. The van der Waals surface area contributed by atoms with E-state index in [-0.39, 0.29) is 11.9 Å². The van der Waals surface area contributed by atoms with Crippen molar-refractivity contribution < 1.29 is 19.1 Å². The molecule has 0 bridgehead atoms. The van der Waals surface area contributed by atoms with Crippen molar-refractivity contribution in [3.8, 4) is 0 Å². The standard InChI is InChI=1S/C24H39N5O4/c1-16-25-14-18-15-28(22(32)29(16)18)13-10-17-8-11-27(12-9-17)20(30)19(23(2,3)4)26-21(31)33-24(5,6)7/h14,17,19H,8-13,15H2,1-7H3,(H,26,31)/t19-/m0/s1. The van der Waals surface area contributed by atoms with Gasteiger partial charge in [0.25, 0.3) is 0 Å². The molecule has 0 radical (unpaired) electrons. The Bertz CT molecular complexity index is 888. The lowest BCUT2D eigenvalue weighted by Crippen LogP contribution is -2.56. The van der Waals surface area contributed by atoms with Crippen LogP contribution in [0, 0.1) is 18.3 Å². The second-order valence-corrected chi connectivity index (χ2v) is 11.3. The maximum atomic E-state index is 13.3. The van der Waals surface area contributed by atoms with E-state index < -0.39 is 23.2 Å². The molecule has 0 spiro atoms. The summed E-state index contributed by atoms with van der Waals surface area (Å²) in [6.07, 6.45) is 3.91. The van der Waals surface area contributed by atoms with Gasteiger partial charge in [-0.1, -0.05) is 20.8 Å². The summed E-state index contributed by atoms with van der Waals surface area (Å²) in [6.45, 7) is 15.7. The normalized spacial score (nSPS) is 18.3. The van der Waals surface area contributed by atoms with Crippen LogP contribution in [0.25, 0.3) is 0 Å². The highest BCUT2D eigenvalue weighted by atomic mass is 16.6. The third-order valence-corrected chi connectivity index (χ3v) is 6.33. The lowest BCUT2D eigenvalue weighted by Gasteiger charge is -2.38. The highest BCUT2D eigenvalue weighted by Gasteiger charge is 2.38. The average molecular weight is 462 g/mol. The summed E-state index contributed by atoms with van der Waals surface area (Å²) in [5, 5.41) is 2.80. The number of aryl methyl sites for hydroxylation is 1. The fourth-order valence-corrected chi connectivity index (χ4v) is 4.48. The number of alkyl carbamates (subject to hydrolysis) is 1. The van der Waals surface area contributed by atoms with Crippen molar-refractivity contribution >= 4 is 18.0 Å². The molecule has 184 valence electrons. The molecular weight excluding hydrogens is 422 g/mol. The minimum absolute atomic E-state index is 0.00819. The zero-order valence-electron chi connectivity index (χ0n) is 21.1. The van der Waals surface area contributed by atoms with Crippen molar-refractivity contribution in [3.05, 3.63) is 17.7 Å². The van der Waals surface area contributed by atoms with Crippen LogP contribution in [0.5, 0.6) is 0 Å².